The van der Waals surface area contributed by atoms with Crippen molar-refractivity contribution in [2.45, 2.75) is 18.9 Å². The highest BCUT2D eigenvalue weighted by atomic mass is 16.6. The van der Waals surface area contributed by atoms with Crippen LogP contribution in [0.4, 0.5) is 0 Å². The molecule has 0 radical (unpaired) electrons. The molecule has 0 aliphatic carbocycles. The largest absolute Gasteiger partial charge is 0.507 e. The summed E-state index contributed by atoms with van der Waals surface area (Å²) in [6.07, 6.45) is 0.270. The predicted octanol–water partition coefficient (Wildman–Crippen LogP) is 1.72. The van der Waals surface area contributed by atoms with Gasteiger partial charge < -0.3 is 24.8 Å². The first-order valence-corrected chi connectivity index (χ1v) is 6.78. The van der Waals surface area contributed by atoms with Gasteiger partial charge in [-0.25, -0.2) is 4.79 Å². The number of cyclic esters (lactones) is 1. The molecule has 1 unspecified atom stereocenters. The highest BCUT2D eigenvalue weighted by molar-refractivity contribution is 6.06. The van der Waals surface area contributed by atoms with Crippen LogP contribution < -0.4 is 4.74 Å². The van der Waals surface area contributed by atoms with Crippen LogP contribution >= 0.6 is 0 Å². The first-order chi connectivity index (χ1) is 10.4. The van der Waals surface area contributed by atoms with Gasteiger partial charge in [0, 0.05) is 12.5 Å². The summed E-state index contributed by atoms with van der Waals surface area (Å²) in [5, 5.41) is 30.6. The monoisotopic (exact) mass is 304 g/mol. The van der Waals surface area contributed by atoms with E-state index in [-0.39, 0.29) is 35.5 Å². The third kappa shape index (κ3) is 2.03. The van der Waals surface area contributed by atoms with Crippen LogP contribution in [0.25, 0.3) is 10.8 Å². The van der Waals surface area contributed by atoms with Crippen molar-refractivity contribution in [1.29, 1.82) is 0 Å². The van der Waals surface area contributed by atoms with Gasteiger partial charge in [0.05, 0.1) is 19.1 Å². The van der Waals surface area contributed by atoms with Crippen molar-refractivity contribution in [2.24, 2.45) is 0 Å². The summed E-state index contributed by atoms with van der Waals surface area (Å²) >= 11 is 0. The van der Waals surface area contributed by atoms with Crippen LogP contribution in [0, 0.1) is 0 Å². The van der Waals surface area contributed by atoms with Crippen molar-refractivity contribution in [3.63, 3.8) is 0 Å². The maximum Gasteiger partial charge on any atom is 0.342 e. The van der Waals surface area contributed by atoms with Crippen molar-refractivity contribution in [3.8, 4) is 17.2 Å². The van der Waals surface area contributed by atoms with E-state index in [1.54, 1.807) is 19.1 Å². The molecule has 6 nitrogen and oxygen atoms in total. The van der Waals surface area contributed by atoms with E-state index in [1.165, 1.54) is 13.2 Å². The molecule has 0 spiro atoms. The van der Waals surface area contributed by atoms with Crippen LogP contribution in [0.15, 0.2) is 18.2 Å². The molecule has 22 heavy (non-hydrogen) atoms. The lowest BCUT2D eigenvalue weighted by Gasteiger charge is -2.33. The molecule has 3 N–H and O–H groups in total. The van der Waals surface area contributed by atoms with Gasteiger partial charge in [0.15, 0.2) is 0 Å². The van der Waals surface area contributed by atoms with Crippen LogP contribution in [0.1, 0.15) is 22.8 Å². The van der Waals surface area contributed by atoms with Crippen molar-refractivity contribution in [3.05, 3.63) is 29.3 Å². The van der Waals surface area contributed by atoms with Gasteiger partial charge in [-0.3, -0.25) is 0 Å². The molecule has 0 aromatic heterocycles. The second-order valence-corrected chi connectivity index (χ2v) is 5.68. The average molecular weight is 304 g/mol. The molecule has 0 amide bonds. The summed E-state index contributed by atoms with van der Waals surface area (Å²) in [7, 11) is 1.47. The molecule has 0 bridgehead atoms. The summed E-state index contributed by atoms with van der Waals surface area (Å²) in [6.45, 7) is 1.30. The van der Waals surface area contributed by atoms with Gasteiger partial charge in [0.1, 0.15) is 28.4 Å². The number of fused-ring (bicyclic) bond motifs is 2. The smallest absolute Gasteiger partial charge is 0.342 e. The van der Waals surface area contributed by atoms with Gasteiger partial charge in [-0.15, -0.1) is 0 Å². The molecule has 116 valence electrons. The number of benzene rings is 2. The first kappa shape index (κ1) is 14.5. The summed E-state index contributed by atoms with van der Waals surface area (Å²) in [5.41, 5.74) is -0.435. The molecular weight excluding hydrogens is 288 g/mol. The Morgan fingerprint density at radius 1 is 1.32 bits per heavy atom. The lowest BCUT2D eigenvalue weighted by atomic mass is 9.87. The van der Waals surface area contributed by atoms with E-state index in [0.717, 1.165) is 0 Å². The minimum Gasteiger partial charge on any atom is -0.507 e. The van der Waals surface area contributed by atoms with E-state index >= 15 is 0 Å². The zero-order valence-corrected chi connectivity index (χ0v) is 12.2. The third-order valence-corrected chi connectivity index (χ3v) is 3.92. The summed E-state index contributed by atoms with van der Waals surface area (Å²) in [6, 6.07) is 4.71. The van der Waals surface area contributed by atoms with Crippen LogP contribution in [-0.4, -0.2) is 40.6 Å². The molecule has 1 heterocycles. The first-order valence-electron chi connectivity index (χ1n) is 6.78. The van der Waals surface area contributed by atoms with Crippen LogP contribution in [0.3, 0.4) is 0 Å². The Bertz CT molecular complexity index is 782. The van der Waals surface area contributed by atoms with Gasteiger partial charge in [-0.1, -0.05) is 0 Å². The second kappa shape index (κ2) is 4.78. The van der Waals surface area contributed by atoms with E-state index in [4.69, 9.17) is 9.47 Å². The maximum absolute atomic E-state index is 12.2. The molecule has 2 aromatic carbocycles. The highest BCUT2D eigenvalue weighted by Crippen LogP contribution is 2.43. The number of methoxy groups -OCH3 is 1. The SMILES string of the molecule is COc1cc(O)c2c(O)c3c(cc2c1)CC(C)(CO)OC3=O. The lowest BCUT2D eigenvalue weighted by Crippen LogP contribution is -2.42. The Morgan fingerprint density at radius 2 is 2.05 bits per heavy atom. The number of hydrogen-bond acceptors (Lipinski definition) is 6. The number of carbonyl (C=O) groups is 1. The van der Waals surface area contributed by atoms with Crippen molar-refractivity contribution in [2.75, 3.05) is 13.7 Å². The average Bonchev–Trinajstić information content (AvgIpc) is 2.45. The Labute approximate surface area is 126 Å². The van der Waals surface area contributed by atoms with Gasteiger partial charge in [-0.2, -0.15) is 0 Å². The fraction of sp³-hybridized carbons (Fsp3) is 0.312. The molecule has 0 saturated carbocycles. The predicted molar refractivity (Wildman–Crippen MR) is 78.4 cm³/mol. The Balaban J connectivity index is 2.31. The fourth-order valence-electron chi connectivity index (χ4n) is 2.82. The number of aliphatic hydroxyl groups excluding tert-OH is 1. The van der Waals surface area contributed by atoms with E-state index in [9.17, 15) is 20.1 Å². The normalized spacial score (nSPS) is 20.6. The molecule has 1 aliphatic heterocycles. The number of esters is 1. The molecule has 0 saturated heterocycles. The van der Waals surface area contributed by atoms with Crippen molar-refractivity contribution >= 4 is 16.7 Å². The quantitative estimate of drug-likeness (QED) is 0.731. The summed E-state index contributed by atoms with van der Waals surface area (Å²) in [4.78, 5) is 12.2. The number of aliphatic hydroxyl groups is 1. The van der Waals surface area contributed by atoms with Crippen LogP contribution in [0.5, 0.6) is 17.2 Å². The zero-order valence-electron chi connectivity index (χ0n) is 12.2. The molecule has 1 aliphatic rings. The second-order valence-electron chi connectivity index (χ2n) is 5.68. The summed E-state index contributed by atoms with van der Waals surface area (Å²) < 4.78 is 10.3. The number of ether oxygens (including phenoxy) is 2. The molecule has 0 fully saturated rings. The van der Waals surface area contributed by atoms with E-state index in [0.29, 0.717) is 16.7 Å². The number of rotatable bonds is 2. The molecule has 1 atom stereocenters. The maximum atomic E-state index is 12.2. The lowest BCUT2D eigenvalue weighted by molar-refractivity contribution is -0.0423. The Hall–Kier alpha value is -2.47. The van der Waals surface area contributed by atoms with Crippen LogP contribution in [0.2, 0.25) is 0 Å². The topological polar surface area (TPSA) is 96.2 Å². The van der Waals surface area contributed by atoms with E-state index in [2.05, 4.69) is 0 Å². The number of phenols is 2. The fourth-order valence-corrected chi connectivity index (χ4v) is 2.82. The minimum atomic E-state index is -1.02. The zero-order chi connectivity index (χ0) is 16.1. The number of aromatic hydroxyl groups is 2. The van der Waals surface area contributed by atoms with Gasteiger partial charge in [-0.05, 0) is 30.0 Å². The highest BCUT2D eigenvalue weighted by Gasteiger charge is 2.38. The van der Waals surface area contributed by atoms with Gasteiger partial charge in [0.2, 0.25) is 0 Å². The van der Waals surface area contributed by atoms with Crippen LogP contribution in [-0.2, 0) is 11.2 Å². The standard InChI is InChI=1S/C16H16O6/c1-16(7-17)6-9-3-8-4-10(21-2)5-11(18)12(8)14(19)13(9)15(20)22-16/h3-5,17-19H,6-7H2,1-2H3. The molecule has 6 heteroatoms. The minimum absolute atomic E-state index is 0.0268. The van der Waals surface area contributed by atoms with Gasteiger partial charge in [0.25, 0.3) is 0 Å². The number of phenolic OH excluding ortho intramolecular Hbond substituents is 2. The third-order valence-electron chi connectivity index (χ3n) is 3.92. The molecule has 3 rings (SSSR count). The molecule has 2 aromatic rings. The number of hydrogen-bond donors (Lipinski definition) is 3. The Kier molecular flexibility index (Phi) is 3.14. The van der Waals surface area contributed by atoms with Gasteiger partial charge >= 0.3 is 5.97 Å². The Morgan fingerprint density at radius 3 is 2.68 bits per heavy atom. The van der Waals surface area contributed by atoms with E-state index in [1.807, 2.05) is 0 Å². The number of carbonyl (C=O) groups excluding carboxylic acids is 1. The van der Waals surface area contributed by atoms with Crippen molar-refractivity contribution in [1.82, 2.24) is 0 Å². The molecular formula is C16H16O6. The summed E-state index contributed by atoms with van der Waals surface area (Å²) in [5.74, 6) is -0.782. The van der Waals surface area contributed by atoms with Crippen molar-refractivity contribution < 1.29 is 29.6 Å². The van der Waals surface area contributed by atoms with E-state index < -0.39 is 11.6 Å².